The van der Waals surface area contributed by atoms with Gasteiger partial charge in [-0.25, -0.2) is 0 Å². The van der Waals surface area contributed by atoms with Crippen LogP contribution in [0.25, 0.3) is 0 Å². The predicted molar refractivity (Wildman–Crippen MR) is 72.2 cm³/mol. The molecule has 0 bridgehead atoms. The van der Waals surface area contributed by atoms with Gasteiger partial charge in [-0.2, -0.15) is 0 Å². The molecule has 1 atom stereocenters. The molecule has 0 aliphatic carbocycles. The summed E-state index contributed by atoms with van der Waals surface area (Å²) >= 11 is 0. The van der Waals surface area contributed by atoms with Crippen molar-refractivity contribution in [3.8, 4) is 11.5 Å². The first kappa shape index (κ1) is 13.4. The molecule has 0 spiro atoms. The third kappa shape index (κ3) is 3.45. The van der Waals surface area contributed by atoms with Gasteiger partial charge in [-0.05, 0) is 36.8 Å². The van der Waals surface area contributed by atoms with Gasteiger partial charge < -0.3 is 14.6 Å². The molecule has 0 radical (unpaired) electrons. The van der Waals surface area contributed by atoms with Crippen LogP contribution in [-0.2, 0) is 6.61 Å². The van der Waals surface area contributed by atoms with E-state index in [4.69, 9.17) is 9.47 Å². The molecule has 1 aromatic heterocycles. The van der Waals surface area contributed by atoms with Crippen molar-refractivity contribution < 1.29 is 14.6 Å². The minimum Gasteiger partial charge on any atom is -0.497 e. The van der Waals surface area contributed by atoms with E-state index in [1.54, 1.807) is 38.6 Å². The number of aliphatic hydroxyl groups is 1. The molecule has 0 saturated heterocycles. The Bertz CT molecular complexity index is 526. The van der Waals surface area contributed by atoms with Crippen molar-refractivity contribution in [1.82, 2.24) is 4.98 Å². The Labute approximate surface area is 112 Å². The fourth-order valence-electron chi connectivity index (χ4n) is 1.75. The summed E-state index contributed by atoms with van der Waals surface area (Å²) in [5.74, 6) is 1.33. The Kier molecular flexibility index (Phi) is 4.36. The number of aromatic nitrogens is 1. The van der Waals surface area contributed by atoms with Gasteiger partial charge in [0.2, 0.25) is 0 Å². The smallest absolute Gasteiger partial charge is 0.129 e. The highest BCUT2D eigenvalue weighted by molar-refractivity contribution is 5.41. The third-order valence-corrected chi connectivity index (χ3v) is 2.81. The average molecular weight is 259 g/mol. The van der Waals surface area contributed by atoms with Crippen LogP contribution in [0, 0.1) is 0 Å². The molecule has 4 nitrogen and oxygen atoms in total. The highest BCUT2D eigenvalue weighted by Crippen LogP contribution is 2.30. The summed E-state index contributed by atoms with van der Waals surface area (Å²) < 4.78 is 10.9. The van der Waals surface area contributed by atoms with Crippen LogP contribution in [0.4, 0.5) is 0 Å². The average Bonchev–Trinajstić information content (AvgIpc) is 2.45. The predicted octanol–water partition coefficient (Wildman–Crippen LogP) is 2.72. The Morgan fingerprint density at radius 1 is 1.21 bits per heavy atom. The number of hydrogen-bond acceptors (Lipinski definition) is 4. The number of ether oxygens (including phenoxy) is 2. The Morgan fingerprint density at radius 2 is 1.95 bits per heavy atom. The maximum atomic E-state index is 9.73. The lowest BCUT2D eigenvalue weighted by molar-refractivity contribution is 0.190. The van der Waals surface area contributed by atoms with Crippen LogP contribution in [0.5, 0.6) is 11.5 Å². The number of hydrogen-bond donors (Lipinski definition) is 1. The van der Waals surface area contributed by atoms with Gasteiger partial charge in [-0.1, -0.05) is 0 Å². The topological polar surface area (TPSA) is 51.6 Å². The maximum Gasteiger partial charge on any atom is 0.129 e. The van der Waals surface area contributed by atoms with Crippen LogP contribution in [0.15, 0.2) is 42.7 Å². The molecule has 0 unspecified atom stereocenters. The van der Waals surface area contributed by atoms with E-state index in [9.17, 15) is 5.11 Å². The van der Waals surface area contributed by atoms with Gasteiger partial charge in [0, 0.05) is 24.0 Å². The van der Waals surface area contributed by atoms with E-state index >= 15 is 0 Å². The maximum absolute atomic E-state index is 9.73. The lowest BCUT2D eigenvalue weighted by Gasteiger charge is -2.14. The summed E-state index contributed by atoms with van der Waals surface area (Å²) in [7, 11) is 1.60. The van der Waals surface area contributed by atoms with Crippen LogP contribution in [-0.4, -0.2) is 17.2 Å². The lowest BCUT2D eigenvalue weighted by Crippen LogP contribution is -2.01. The van der Waals surface area contributed by atoms with Gasteiger partial charge in [-0.3, -0.25) is 4.98 Å². The quantitative estimate of drug-likeness (QED) is 0.897. The van der Waals surface area contributed by atoms with Crippen molar-refractivity contribution in [1.29, 1.82) is 0 Å². The molecule has 0 aliphatic heterocycles. The third-order valence-electron chi connectivity index (χ3n) is 2.81. The molecular formula is C15H17NO3. The molecule has 0 fully saturated rings. The summed E-state index contributed by atoms with van der Waals surface area (Å²) in [6.45, 7) is 2.14. The monoisotopic (exact) mass is 259 g/mol. The van der Waals surface area contributed by atoms with Crippen molar-refractivity contribution in [3.63, 3.8) is 0 Å². The lowest BCUT2D eigenvalue weighted by atomic mass is 10.1. The second-order valence-corrected chi connectivity index (χ2v) is 4.22. The van der Waals surface area contributed by atoms with Gasteiger partial charge in [0.15, 0.2) is 0 Å². The number of aliphatic hydroxyl groups excluding tert-OH is 1. The van der Waals surface area contributed by atoms with Crippen molar-refractivity contribution >= 4 is 0 Å². The second kappa shape index (κ2) is 6.20. The molecule has 100 valence electrons. The summed E-state index contributed by atoms with van der Waals surface area (Å²) in [5.41, 5.74) is 1.77. The first-order valence-corrected chi connectivity index (χ1v) is 6.08. The van der Waals surface area contributed by atoms with Gasteiger partial charge in [0.05, 0.1) is 13.2 Å². The molecule has 2 aromatic rings. The summed E-state index contributed by atoms with van der Waals surface area (Å²) in [6.07, 6.45) is 2.86. The largest absolute Gasteiger partial charge is 0.497 e. The van der Waals surface area contributed by atoms with Crippen LogP contribution < -0.4 is 9.47 Å². The van der Waals surface area contributed by atoms with Crippen molar-refractivity contribution in [2.75, 3.05) is 7.11 Å². The standard InChI is InChI=1S/C15H17NO3/c1-11(17)14-4-3-13(18-2)9-15(14)19-10-12-5-7-16-8-6-12/h3-9,11,17H,10H2,1-2H3/t11-/m1/s1. The number of methoxy groups -OCH3 is 1. The van der Waals surface area contributed by atoms with E-state index in [-0.39, 0.29) is 0 Å². The first-order valence-electron chi connectivity index (χ1n) is 6.08. The Hall–Kier alpha value is -2.07. The zero-order valence-electron chi connectivity index (χ0n) is 11.0. The normalized spacial score (nSPS) is 11.9. The highest BCUT2D eigenvalue weighted by atomic mass is 16.5. The molecule has 1 heterocycles. The molecule has 0 saturated carbocycles. The van der Waals surface area contributed by atoms with E-state index in [1.807, 2.05) is 18.2 Å². The van der Waals surface area contributed by atoms with Crippen LogP contribution >= 0.6 is 0 Å². The van der Waals surface area contributed by atoms with Gasteiger partial charge >= 0.3 is 0 Å². The molecule has 1 N–H and O–H groups in total. The Balaban J connectivity index is 2.18. The molecule has 4 heteroatoms. The number of benzene rings is 1. The number of rotatable bonds is 5. The SMILES string of the molecule is COc1ccc([C@@H](C)O)c(OCc2ccncc2)c1. The summed E-state index contributed by atoms with van der Waals surface area (Å²) in [4.78, 5) is 3.96. The van der Waals surface area contributed by atoms with Gasteiger partial charge in [0.25, 0.3) is 0 Å². The molecular weight excluding hydrogens is 242 g/mol. The van der Waals surface area contributed by atoms with Crippen molar-refractivity contribution in [2.24, 2.45) is 0 Å². The van der Waals surface area contributed by atoms with Crippen LogP contribution in [0.3, 0.4) is 0 Å². The minimum absolute atomic E-state index is 0.426. The number of nitrogens with zero attached hydrogens (tertiary/aromatic N) is 1. The van der Waals surface area contributed by atoms with E-state index in [1.165, 1.54) is 0 Å². The van der Waals surface area contributed by atoms with Gasteiger partial charge in [-0.15, -0.1) is 0 Å². The van der Waals surface area contributed by atoms with Crippen LogP contribution in [0.2, 0.25) is 0 Å². The summed E-state index contributed by atoms with van der Waals surface area (Å²) in [6, 6.07) is 9.18. The Morgan fingerprint density at radius 3 is 2.58 bits per heavy atom. The second-order valence-electron chi connectivity index (χ2n) is 4.22. The minimum atomic E-state index is -0.585. The fourth-order valence-corrected chi connectivity index (χ4v) is 1.75. The van der Waals surface area contributed by atoms with Gasteiger partial charge in [0.1, 0.15) is 18.1 Å². The first-order chi connectivity index (χ1) is 9.20. The van der Waals surface area contributed by atoms with E-state index in [0.29, 0.717) is 18.1 Å². The molecule has 19 heavy (non-hydrogen) atoms. The van der Waals surface area contributed by atoms with E-state index < -0.39 is 6.10 Å². The van der Waals surface area contributed by atoms with E-state index in [0.717, 1.165) is 11.1 Å². The molecule has 1 aromatic carbocycles. The highest BCUT2D eigenvalue weighted by Gasteiger charge is 2.10. The molecule has 0 amide bonds. The zero-order chi connectivity index (χ0) is 13.7. The summed E-state index contributed by atoms with van der Waals surface area (Å²) in [5, 5.41) is 9.73. The number of pyridine rings is 1. The molecule has 0 aliphatic rings. The van der Waals surface area contributed by atoms with Crippen LogP contribution in [0.1, 0.15) is 24.2 Å². The van der Waals surface area contributed by atoms with Crippen molar-refractivity contribution in [3.05, 3.63) is 53.9 Å². The molecule has 2 rings (SSSR count). The zero-order valence-corrected chi connectivity index (χ0v) is 11.0. The van der Waals surface area contributed by atoms with Crippen molar-refractivity contribution in [2.45, 2.75) is 19.6 Å². The fraction of sp³-hybridized carbons (Fsp3) is 0.267. The van der Waals surface area contributed by atoms with E-state index in [2.05, 4.69) is 4.98 Å².